The van der Waals surface area contributed by atoms with Gasteiger partial charge in [-0.15, -0.1) is 0 Å². The van der Waals surface area contributed by atoms with E-state index in [0.717, 1.165) is 29.9 Å². The minimum Gasteiger partial charge on any atom is -0.497 e. The van der Waals surface area contributed by atoms with Gasteiger partial charge in [0.1, 0.15) is 5.75 Å². The van der Waals surface area contributed by atoms with Gasteiger partial charge in [-0.05, 0) is 49.6 Å². The number of amides is 1. The van der Waals surface area contributed by atoms with Gasteiger partial charge in [0.15, 0.2) is 0 Å². The van der Waals surface area contributed by atoms with Gasteiger partial charge >= 0.3 is 0 Å². The van der Waals surface area contributed by atoms with Gasteiger partial charge in [0, 0.05) is 5.92 Å². The van der Waals surface area contributed by atoms with Crippen molar-refractivity contribution in [1.82, 2.24) is 5.43 Å². The highest BCUT2D eigenvalue weighted by molar-refractivity contribution is 5.99. The summed E-state index contributed by atoms with van der Waals surface area (Å²) in [6.45, 7) is 1.87. The zero-order valence-electron chi connectivity index (χ0n) is 10.1. The van der Waals surface area contributed by atoms with Crippen molar-refractivity contribution in [1.29, 1.82) is 0 Å². The number of methoxy groups -OCH3 is 1. The fraction of sp³-hybridized carbons (Fsp3) is 0.385. The standard InChI is InChI=1S/C13H16N2O2/c1-9(14-15-13(16)11-3-4-11)10-5-7-12(17-2)8-6-10/h5-8,11H,3-4H2,1-2H3,(H,15,16). The van der Waals surface area contributed by atoms with E-state index >= 15 is 0 Å². The van der Waals surface area contributed by atoms with Gasteiger partial charge in [0.25, 0.3) is 0 Å². The van der Waals surface area contributed by atoms with Crippen molar-refractivity contribution in [3.63, 3.8) is 0 Å². The van der Waals surface area contributed by atoms with Gasteiger partial charge in [0.2, 0.25) is 5.91 Å². The molecule has 0 saturated heterocycles. The van der Waals surface area contributed by atoms with Gasteiger partial charge < -0.3 is 4.74 Å². The van der Waals surface area contributed by atoms with Crippen molar-refractivity contribution in [3.05, 3.63) is 29.8 Å². The Labute approximate surface area is 101 Å². The third-order valence-electron chi connectivity index (χ3n) is 2.79. The summed E-state index contributed by atoms with van der Waals surface area (Å²) < 4.78 is 5.08. The van der Waals surface area contributed by atoms with Gasteiger partial charge in [-0.1, -0.05) is 0 Å². The number of carbonyl (C=O) groups excluding carboxylic acids is 1. The zero-order valence-corrected chi connectivity index (χ0v) is 10.1. The Hall–Kier alpha value is -1.84. The molecule has 1 N–H and O–H groups in total. The molecule has 0 heterocycles. The number of nitrogens with zero attached hydrogens (tertiary/aromatic N) is 1. The normalized spacial score (nSPS) is 15.5. The minimum absolute atomic E-state index is 0.0258. The number of hydrazone groups is 1. The highest BCUT2D eigenvalue weighted by atomic mass is 16.5. The molecular formula is C13H16N2O2. The fourth-order valence-corrected chi connectivity index (χ4v) is 1.47. The summed E-state index contributed by atoms with van der Waals surface area (Å²) in [5.41, 5.74) is 4.36. The predicted octanol–water partition coefficient (Wildman–Crippen LogP) is 1.95. The molecule has 2 rings (SSSR count). The smallest absolute Gasteiger partial charge is 0.243 e. The van der Waals surface area contributed by atoms with Crippen LogP contribution in [0.25, 0.3) is 0 Å². The van der Waals surface area contributed by atoms with Crippen LogP contribution in [0.4, 0.5) is 0 Å². The number of hydrogen-bond acceptors (Lipinski definition) is 3. The monoisotopic (exact) mass is 232 g/mol. The second kappa shape index (κ2) is 4.99. The average molecular weight is 232 g/mol. The molecule has 0 bridgehead atoms. The van der Waals surface area contributed by atoms with E-state index in [4.69, 9.17) is 4.74 Å². The van der Waals surface area contributed by atoms with Crippen molar-refractivity contribution >= 4 is 11.6 Å². The van der Waals surface area contributed by atoms with Gasteiger partial charge in [0.05, 0.1) is 12.8 Å². The number of hydrogen-bond donors (Lipinski definition) is 1. The SMILES string of the molecule is COc1ccc(C(C)=NNC(=O)C2CC2)cc1. The lowest BCUT2D eigenvalue weighted by Crippen LogP contribution is -2.20. The highest BCUT2D eigenvalue weighted by Crippen LogP contribution is 2.28. The molecule has 1 amide bonds. The second-order valence-corrected chi connectivity index (χ2v) is 4.18. The van der Waals surface area contributed by atoms with Crippen LogP contribution >= 0.6 is 0 Å². The average Bonchev–Trinajstić information content (AvgIpc) is 3.20. The summed E-state index contributed by atoms with van der Waals surface area (Å²) >= 11 is 0. The summed E-state index contributed by atoms with van der Waals surface area (Å²) in [7, 11) is 1.63. The molecule has 1 aliphatic rings. The second-order valence-electron chi connectivity index (χ2n) is 4.18. The molecule has 0 atom stereocenters. The number of nitrogens with one attached hydrogen (secondary N) is 1. The van der Waals surface area contributed by atoms with E-state index in [1.54, 1.807) is 7.11 Å². The lowest BCUT2D eigenvalue weighted by atomic mass is 10.1. The fourth-order valence-electron chi connectivity index (χ4n) is 1.47. The van der Waals surface area contributed by atoms with Crippen molar-refractivity contribution in [2.75, 3.05) is 7.11 Å². The lowest BCUT2D eigenvalue weighted by Gasteiger charge is -2.03. The Kier molecular flexibility index (Phi) is 3.42. The van der Waals surface area contributed by atoms with Gasteiger partial charge in [-0.2, -0.15) is 5.10 Å². The van der Waals surface area contributed by atoms with E-state index in [-0.39, 0.29) is 11.8 Å². The molecule has 1 aromatic carbocycles. The first-order chi connectivity index (χ1) is 8.20. The van der Waals surface area contributed by atoms with Crippen molar-refractivity contribution < 1.29 is 9.53 Å². The van der Waals surface area contributed by atoms with Crippen LogP contribution in [0.3, 0.4) is 0 Å². The van der Waals surface area contributed by atoms with Crippen LogP contribution in [0.5, 0.6) is 5.75 Å². The molecule has 1 saturated carbocycles. The Morgan fingerprint density at radius 3 is 2.53 bits per heavy atom. The van der Waals surface area contributed by atoms with Crippen molar-refractivity contribution in [2.45, 2.75) is 19.8 Å². The van der Waals surface area contributed by atoms with Gasteiger partial charge in [-0.3, -0.25) is 4.79 Å². The van der Waals surface area contributed by atoms with Crippen molar-refractivity contribution in [3.8, 4) is 5.75 Å². The highest BCUT2D eigenvalue weighted by Gasteiger charge is 2.29. The molecule has 90 valence electrons. The lowest BCUT2D eigenvalue weighted by molar-refractivity contribution is -0.122. The van der Waals surface area contributed by atoms with E-state index < -0.39 is 0 Å². The Morgan fingerprint density at radius 1 is 1.35 bits per heavy atom. The first-order valence-corrected chi connectivity index (χ1v) is 5.69. The maximum Gasteiger partial charge on any atom is 0.243 e. The molecule has 0 radical (unpaired) electrons. The largest absolute Gasteiger partial charge is 0.497 e. The molecule has 4 heteroatoms. The molecule has 0 spiro atoms. The summed E-state index contributed by atoms with van der Waals surface area (Å²) in [5, 5.41) is 4.09. The predicted molar refractivity (Wildman–Crippen MR) is 66.1 cm³/mol. The number of ether oxygens (including phenoxy) is 1. The first-order valence-electron chi connectivity index (χ1n) is 5.69. The maximum absolute atomic E-state index is 11.4. The Bertz CT molecular complexity index is 433. The molecule has 4 nitrogen and oxygen atoms in total. The van der Waals surface area contributed by atoms with Crippen LogP contribution < -0.4 is 10.2 Å². The van der Waals surface area contributed by atoms with E-state index in [1.807, 2.05) is 31.2 Å². The quantitative estimate of drug-likeness (QED) is 0.637. The molecule has 1 aromatic rings. The van der Waals surface area contributed by atoms with Crippen LogP contribution in [-0.4, -0.2) is 18.7 Å². The number of benzene rings is 1. The maximum atomic E-state index is 11.4. The Balaban J connectivity index is 1.99. The van der Waals surface area contributed by atoms with Crippen molar-refractivity contribution in [2.24, 2.45) is 11.0 Å². The molecule has 0 aromatic heterocycles. The van der Waals surface area contributed by atoms with Crippen LogP contribution in [-0.2, 0) is 4.79 Å². The summed E-state index contributed by atoms with van der Waals surface area (Å²) in [5.74, 6) is 1.02. The van der Waals surface area contributed by atoms with Crippen LogP contribution in [0, 0.1) is 5.92 Å². The third-order valence-corrected chi connectivity index (χ3v) is 2.79. The molecule has 1 aliphatic carbocycles. The molecule has 1 fully saturated rings. The first kappa shape index (κ1) is 11.6. The van der Waals surface area contributed by atoms with Crippen LogP contribution in [0.2, 0.25) is 0 Å². The number of carbonyl (C=O) groups is 1. The summed E-state index contributed by atoms with van der Waals surface area (Å²) in [4.78, 5) is 11.4. The van der Waals surface area contributed by atoms with E-state index in [9.17, 15) is 4.79 Å². The van der Waals surface area contributed by atoms with Gasteiger partial charge in [-0.25, -0.2) is 5.43 Å². The third kappa shape index (κ3) is 3.06. The minimum atomic E-state index is 0.0258. The molecular weight excluding hydrogens is 216 g/mol. The van der Waals surface area contributed by atoms with E-state index in [2.05, 4.69) is 10.5 Å². The molecule has 0 aliphatic heterocycles. The van der Waals surface area contributed by atoms with Crippen LogP contribution in [0.1, 0.15) is 25.3 Å². The summed E-state index contributed by atoms with van der Waals surface area (Å²) in [6.07, 6.45) is 1.98. The number of rotatable bonds is 4. The molecule has 0 unspecified atom stereocenters. The summed E-state index contributed by atoms with van der Waals surface area (Å²) in [6, 6.07) is 7.58. The zero-order chi connectivity index (χ0) is 12.3. The topological polar surface area (TPSA) is 50.7 Å². The van der Waals surface area contributed by atoms with E-state index in [1.165, 1.54) is 0 Å². The Morgan fingerprint density at radius 2 is 2.00 bits per heavy atom. The van der Waals surface area contributed by atoms with Crippen LogP contribution in [0.15, 0.2) is 29.4 Å². The van der Waals surface area contributed by atoms with E-state index in [0.29, 0.717) is 0 Å². The molecule has 17 heavy (non-hydrogen) atoms.